The second kappa shape index (κ2) is 8.86. The molecule has 0 saturated heterocycles. The van der Waals surface area contributed by atoms with Crippen LogP contribution < -0.4 is 0 Å². The molecule has 0 N–H and O–H groups in total. The number of nitrogens with zero attached hydrogens (tertiary/aromatic N) is 5. The van der Waals surface area contributed by atoms with Gasteiger partial charge in [0.15, 0.2) is 0 Å². The summed E-state index contributed by atoms with van der Waals surface area (Å²) in [7, 11) is 1.90. The third-order valence-electron chi connectivity index (χ3n) is 5.79. The van der Waals surface area contributed by atoms with E-state index in [1.165, 1.54) is 18.5 Å². The van der Waals surface area contributed by atoms with Crippen LogP contribution in [-0.2, 0) is 19.0 Å². The van der Waals surface area contributed by atoms with Crippen LogP contribution in [0.4, 0.5) is 8.78 Å². The van der Waals surface area contributed by atoms with Gasteiger partial charge in [0.2, 0.25) is 0 Å². The fraction of sp³-hybridized carbons (Fsp3) is 0.240. The van der Waals surface area contributed by atoms with Gasteiger partial charge in [0, 0.05) is 30.3 Å². The molecule has 0 aliphatic rings. The zero-order valence-corrected chi connectivity index (χ0v) is 18.3. The van der Waals surface area contributed by atoms with Gasteiger partial charge in [-0.15, -0.1) is 0 Å². The molecule has 32 heavy (non-hydrogen) atoms. The first kappa shape index (κ1) is 21.6. The summed E-state index contributed by atoms with van der Waals surface area (Å²) in [5.74, 6) is -1.18. The highest BCUT2D eigenvalue weighted by molar-refractivity contribution is 5.76. The molecule has 4 aromatic rings. The second-order valence-corrected chi connectivity index (χ2v) is 7.99. The SMILES string of the molecule is CC/C=C(/c1ccc(-c2ccnn2C)cc1)[C@](C)(Cn1cncn1)c1ccc(F)cc1F. The number of aryl methyl sites for hydroxylation is 1. The van der Waals surface area contributed by atoms with Gasteiger partial charge in [0.1, 0.15) is 24.3 Å². The molecule has 4 rings (SSSR count). The number of benzene rings is 2. The van der Waals surface area contributed by atoms with Crippen LogP contribution in [0.15, 0.2) is 73.5 Å². The number of hydrogen-bond acceptors (Lipinski definition) is 3. The Morgan fingerprint density at radius 3 is 2.44 bits per heavy atom. The highest BCUT2D eigenvalue weighted by Crippen LogP contribution is 2.41. The van der Waals surface area contributed by atoms with Crippen molar-refractivity contribution < 1.29 is 8.78 Å². The van der Waals surface area contributed by atoms with Gasteiger partial charge in [-0.3, -0.25) is 9.36 Å². The Balaban J connectivity index is 1.83. The lowest BCUT2D eigenvalue weighted by Crippen LogP contribution is -2.31. The molecule has 164 valence electrons. The number of rotatable bonds is 7. The van der Waals surface area contributed by atoms with Gasteiger partial charge in [-0.25, -0.2) is 13.8 Å². The van der Waals surface area contributed by atoms with Crippen molar-refractivity contribution >= 4 is 5.57 Å². The smallest absolute Gasteiger partial charge is 0.137 e. The molecular weight excluding hydrogens is 408 g/mol. The van der Waals surface area contributed by atoms with E-state index in [1.807, 2.05) is 55.9 Å². The normalized spacial score (nSPS) is 13.8. The summed E-state index contributed by atoms with van der Waals surface area (Å²) in [5, 5.41) is 8.47. The molecular formula is C25H25F2N5. The third-order valence-corrected chi connectivity index (χ3v) is 5.79. The number of aromatic nitrogens is 5. The van der Waals surface area contributed by atoms with Gasteiger partial charge in [0.25, 0.3) is 0 Å². The highest BCUT2D eigenvalue weighted by atomic mass is 19.1. The lowest BCUT2D eigenvalue weighted by atomic mass is 9.72. The Kier molecular flexibility index (Phi) is 5.99. The van der Waals surface area contributed by atoms with Gasteiger partial charge < -0.3 is 0 Å². The van der Waals surface area contributed by atoms with E-state index in [0.717, 1.165) is 34.9 Å². The van der Waals surface area contributed by atoms with Crippen LogP contribution in [-0.4, -0.2) is 24.5 Å². The zero-order valence-electron chi connectivity index (χ0n) is 18.3. The molecule has 0 aliphatic heterocycles. The van der Waals surface area contributed by atoms with E-state index >= 15 is 4.39 Å². The van der Waals surface area contributed by atoms with Crippen LogP contribution >= 0.6 is 0 Å². The number of hydrogen-bond donors (Lipinski definition) is 0. The maximum Gasteiger partial charge on any atom is 0.137 e. The van der Waals surface area contributed by atoms with E-state index in [9.17, 15) is 4.39 Å². The summed E-state index contributed by atoms with van der Waals surface area (Å²) < 4.78 is 32.3. The molecule has 0 radical (unpaired) electrons. The van der Waals surface area contributed by atoms with Crippen LogP contribution in [0.5, 0.6) is 0 Å². The first-order valence-electron chi connectivity index (χ1n) is 10.5. The van der Waals surface area contributed by atoms with E-state index < -0.39 is 17.0 Å². The molecule has 0 fully saturated rings. The summed E-state index contributed by atoms with van der Waals surface area (Å²) in [4.78, 5) is 4.03. The molecule has 0 spiro atoms. The second-order valence-electron chi connectivity index (χ2n) is 7.99. The first-order valence-corrected chi connectivity index (χ1v) is 10.5. The van der Waals surface area contributed by atoms with Gasteiger partial charge in [-0.2, -0.15) is 10.2 Å². The molecule has 0 bridgehead atoms. The van der Waals surface area contributed by atoms with Crippen molar-refractivity contribution in [2.45, 2.75) is 32.2 Å². The van der Waals surface area contributed by atoms with Crippen molar-refractivity contribution in [2.75, 3.05) is 0 Å². The lowest BCUT2D eigenvalue weighted by molar-refractivity contribution is 0.439. The van der Waals surface area contributed by atoms with Crippen molar-refractivity contribution in [1.82, 2.24) is 24.5 Å². The minimum atomic E-state index is -0.810. The van der Waals surface area contributed by atoms with Crippen LogP contribution in [0.1, 0.15) is 31.4 Å². The summed E-state index contributed by atoms with van der Waals surface area (Å²) in [6.07, 6.45) is 7.67. The zero-order chi connectivity index (χ0) is 22.7. The summed E-state index contributed by atoms with van der Waals surface area (Å²) in [5.41, 5.74) is 3.55. The fourth-order valence-corrected chi connectivity index (χ4v) is 4.23. The third kappa shape index (κ3) is 4.10. The van der Waals surface area contributed by atoms with Gasteiger partial charge in [0.05, 0.1) is 12.2 Å². The standard InChI is InChI=1S/C25H25F2N5/c1-4-5-21(18-6-8-19(9-7-18)24-12-13-29-31(24)3)25(2,15-32-17-28-16-30-32)22-11-10-20(26)14-23(22)27/h5-14,16-17H,4,15H2,1-3H3/b21-5-/t25-/m0/s1. The molecule has 2 aromatic carbocycles. The van der Waals surface area contributed by atoms with Crippen LogP contribution in [0.2, 0.25) is 0 Å². The minimum Gasteiger partial charge on any atom is -0.268 e. The van der Waals surface area contributed by atoms with Crippen molar-refractivity contribution in [3.63, 3.8) is 0 Å². The lowest BCUT2D eigenvalue weighted by Gasteiger charge is -2.34. The number of halogens is 2. The molecule has 0 saturated carbocycles. The molecule has 1 atom stereocenters. The average Bonchev–Trinajstić information content (AvgIpc) is 3.43. The molecule has 5 nitrogen and oxygen atoms in total. The van der Waals surface area contributed by atoms with Crippen LogP contribution in [0.25, 0.3) is 16.8 Å². The first-order chi connectivity index (χ1) is 15.4. The van der Waals surface area contributed by atoms with Gasteiger partial charge in [-0.05, 0) is 42.2 Å². The van der Waals surface area contributed by atoms with E-state index in [2.05, 4.69) is 21.3 Å². The topological polar surface area (TPSA) is 48.5 Å². The quantitative estimate of drug-likeness (QED) is 0.392. The Morgan fingerprint density at radius 1 is 1.06 bits per heavy atom. The maximum absolute atomic E-state index is 15.1. The van der Waals surface area contributed by atoms with Crippen molar-refractivity contribution in [1.29, 1.82) is 0 Å². The minimum absolute atomic E-state index is 0.352. The van der Waals surface area contributed by atoms with Crippen LogP contribution in [0, 0.1) is 11.6 Å². The van der Waals surface area contributed by atoms with E-state index in [1.54, 1.807) is 17.2 Å². The van der Waals surface area contributed by atoms with E-state index in [-0.39, 0.29) is 0 Å². The monoisotopic (exact) mass is 433 g/mol. The Labute approximate surface area is 186 Å². The highest BCUT2D eigenvalue weighted by Gasteiger charge is 2.35. The largest absolute Gasteiger partial charge is 0.268 e. The molecule has 0 amide bonds. The summed E-state index contributed by atoms with van der Waals surface area (Å²) >= 11 is 0. The van der Waals surface area contributed by atoms with Crippen molar-refractivity contribution in [3.8, 4) is 11.3 Å². The summed E-state index contributed by atoms with van der Waals surface area (Å²) in [6.45, 7) is 4.35. The fourth-order valence-electron chi connectivity index (χ4n) is 4.23. The maximum atomic E-state index is 15.1. The number of allylic oxidation sites excluding steroid dienone is 2. The van der Waals surface area contributed by atoms with E-state index in [4.69, 9.17) is 0 Å². The van der Waals surface area contributed by atoms with Crippen LogP contribution in [0.3, 0.4) is 0 Å². The predicted molar refractivity (Wildman–Crippen MR) is 121 cm³/mol. The Bertz CT molecular complexity index is 1230. The Morgan fingerprint density at radius 2 is 1.84 bits per heavy atom. The van der Waals surface area contributed by atoms with E-state index in [0.29, 0.717) is 12.1 Å². The molecule has 0 aliphatic carbocycles. The average molecular weight is 434 g/mol. The Hall–Kier alpha value is -3.61. The molecule has 7 heteroatoms. The molecule has 2 heterocycles. The van der Waals surface area contributed by atoms with Gasteiger partial charge >= 0.3 is 0 Å². The predicted octanol–water partition coefficient (Wildman–Crippen LogP) is 5.41. The summed E-state index contributed by atoms with van der Waals surface area (Å²) in [6, 6.07) is 13.8. The van der Waals surface area contributed by atoms with Crippen molar-refractivity contribution in [3.05, 3.63) is 96.2 Å². The molecule has 0 unspecified atom stereocenters. The van der Waals surface area contributed by atoms with Crippen molar-refractivity contribution in [2.24, 2.45) is 7.05 Å². The van der Waals surface area contributed by atoms with Gasteiger partial charge in [-0.1, -0.05) is 43.3 Å². The molecule has 2 aromatic heterocycles.